The van der Waals surface area contributed by atoms with Crippen molar-refractivity contribution >= 4 is 23.3 Å². The van der Waals surface area contributed by atoms with Gasteiger partial charge in [0.25, 0.3) is 5.91 Å². The summed E-state index contributed by atoms with van der Waals surface area (Å²) < 4.78 is 10.7. The Morgan fingerprint density at radius 3 is 2.31 bits per heavy atom. The van der Waals surface area contributed by atoms with Gasteiger partial charge in [-0.25, -0.2) is 0 Å². The summed E-state index contributed by atoms with van der Waals surface area (Å²) >= 11 is 0. The lowest BCUT2D eigenvalue weighted by atomic mass is 9.94. The number of ketones is 1. The zero-order valence-corrected chi connectivity index (χ0v) is 20.0. The molecule has 0 spiro atoms. The van der Waals surface area contributed by atoms with Crippen LogP contribution in [0.5, 0.6) is 5.75 Å². The number of furan rings is 1. The molecule has 1 fully saturated rings. The fourth-order valence-electron chi connectivity index (χ4n) is 4.60. The molecule has 0 saturated heterocycles. The maximum atomic E-state index is 13.9. The van der Waals surface area contributed by atoms with Gasteiger partial charge < -0.3 is 14.5 Å². The summed E-state index contributed by atoms with van der Waals surface area (Å²) in [6.45, 7) is 1.44. The number of rotatable bonds is 8. The van der Waals surface area contributed by atoms with Crippen LogP contribution in [0.25, 0.3) is 0 Å². The predicted octanol–water partition coefficient (Wildman–Crippen LogP) is 5.33. The predicted molar refractivity (Wildman–Crippen MR) is 133 cm³/mol. The molecular weight excluding hydrogens is 444 g/mol. The fraction of sp³-hybridized carbons (Fsp3) is 0.321. The molecular formula is C28H30N2O5. The van der Waals surface area contributed by atoms with E-state index in [-0.39, 0.29) is 23.5 Å². The Morgan fingerprint density at radius 2 is 1.69 bits per heavy atom. The number of Topliss-reactive ketones (excluding diaryl/α,β-unsaturated/α-hetero) is 1. The summed E-state index contributed by atoms with van der Waals surface area (Å²) in [6.07, 6.45) is 6.48. The second-order valence-electron chi connectivity index (χ2n) is 8.75. The minimum absolute atomic E-state index is 0.0422. The van der Waals surface area contributed by atoms with Crippen molar-refractivity contribution in [3.8, 4) is 5.75 Å². The third-order valence-corrected chi connectivity index (χ3v) is 6.38. The minimum atomic E-state index is -1.03. The van der Waals surface area contributed by atoms with Crippen LogP contribution >= 0.6 is 0 Å². The monoisotopic (exact) mass is 474 g/mol. The van der Waals surface area contributed by atoms with E-state index in [2.05, 4.69) is 5.32 Å². The van der Waals surface area contributed by atoms with Crippen LogP contribution in [0.15, 0.2) is 71.3 Å². The van der Waals surface area contributed by atoms with Gasteiger partial charge in [0.15, 0.2) is 11.5 Å². The lowest BCUT2D eigenvalue weighted by molar-refractivity contribution is -0.123. The quantitative estimate of drug-likeness (QED) is 0.446. The first-order valence-electron chi connectivity index (χ1n) is 11.9. The zero-order valence-electron chi connectivity index (χ0n) is 20.0. The summed E-state index contributed by atoms with van der Waals surface area (Å²) in [6, 6.07) is 16.0. The van der Waals surface area contributed by atoms with E-state index in [1.807, 2.05) is 0 Å². The molecule has 1 saturated carbocycles. The molecule has 4 rings (SSSR count). The molecule has 7 heteroatoms. The maximum absolute atomic E-state index is 13.9. The second-order valence-corrected chi connectivity index (χ2v) is 8.75. The van der Waals surface area contributed by atoms with Crippen molar-refractivity contribution in [2.24, 2.45) is 0 Å². The lowest BCUT2D eigenvalue weighted by Crippen LogP contribution is -2.47. The molecule has 1 heterocycles. The smallest absolute Gasteiger partial charge is 0.294 e. The molecule has 35 heavy (non-hydrogen) atoms. The maximum Gasteiger partial charge on any atom is 0.294 e. The van der Waals surface area contributed by atoms with E-state index >= 15 is 0 Å². The highest BCUT2D eigenvalue weighted by molar-refractivity contribution is 6.12. The molecule has 0 bridgehead atoms. The average Bonchev–Trinajstić information content (AvgIpc) is 3.43. The Morgan fingerprint density at radius 1 is 0.971 bits per heavy atom. The number of para-hydroxylation sites is 1. The average molecular weight is 475 g/mol. The van der Waals surface area contributed by atoms with E-state index in [0.717, 1.165) is 32.1 Å². The number of hydrogen-bond donors (Lipinski definition) is 1. The molecule has 0 radical (unpaired) electrons. The van der Waals surface area contributed by atoms with Gasteiger partial charge in [-0.05, 0) is 61.7 Å². The minimum Gasteiger partial charge on any atom is -0.497 e. The number of benzene rings is 2. The third-order valence-electron chi connectivity index (χ3n) is 6.38. The Bertz CT molecular complexity index is 1160. The number of carbonyl (C=O) groups is 3. The highest BCUT2D eigenvalue weighted by Crippen LogP contribution is 2.34. The molecule has 0 aliphatic heterocycles. The van der Waals surface area contributed by atoms with Crippen LogP contribution in [0.2, 0.25) is 0 Å². The summed E-state index contributed by atoms with van der Waals surface area (Å²) in [5, 5.41) is 3.17. The van der Waals surface area contributed by atoms with Crippen LogP contribution in [-0.4, -0.2) is 30.7 Å². The number of hydrogen-bond acceptors (Lipinski definition) is 5. The zero-order chi connectivity index (χ0) is 24.8. The van der Waals surface area contributed by atoms with Crippen LogP contribution in [0, 0.1) is 0 Å². The van der Waals surface area contributed by atoms with Gasteiger partial charge in [0, 0.05) is 11.6 Å². The Kier molecular flexibility index (Phi) is 7.65. The van der Waals surface area contributed by atoms with Crippen LogP contribution in [0.3, 0.4) is 0 Å². The van der Waals surface area contributed by atoms with Crippen LogP contribution < -0.4 is 15.0 Å². The first-order chi connectivity index (χ1) is 17.0. The van der Waals surface area contributed by atoms with Crippen molar-refractivity contribution in [2.75, 3.05) is 12.0 Å². The second kappa shape index (κ2) is 11.0. The summed E-state index contributed by atoms with van der Waals surface area (Å²) in [5.74, 6) is -0.316. The number of ether oxygens (including phenoxy) is 1. The van der Waals surface area contributed by atoms with Gasteiger partial charge in [-0.15, -0.1) is 0 Å². The molecule has 2 aromatic carbocycles. The van der Waals surface area contributed by atoms with E-state index in [4.69, 9.17) is 9.15 Å². The van der Waals surface area contributed by atoms with Crippen molar-refractivity contribution in [3.63, 3.8) is 0 Å². The first-order valence-corrected chi connectivity index (χ1v) is 11.9. The van der Waals surface area contributed by atoms with E-state index in [0.29, 0.717) is 22.6 Å². The highest BCUT2D eigenvalue weighted by Gasteiger charge is 2.37. The molecule has 1 atom stereocenters. The summed E-state index contributed by atoms with van der Waals surface area (Å²) in [5.41, 5.74) is 1.29. The van der Waals surface area contributed by atoms with Crippen LogP contribution in [0.1, 0.15) is 71.5 Å². The van der Waals surface area contributed by atoms with E-state index < -0.39 is 11.9 Å². The first kappa shape index (κ1) is 24.3. The van der Waals surface area contributed by atoms with Gasteiger partial charge in [-0.2, -0.15) is 0 Å². The molecule has 1 aliphatic rings. The number of amides is 2. The standard InChI is InChI=1S/C28H30N2O5/c1-19(31)23-11-6-7-12-24(23)30(28(33)25-13-8-18-35-25)26(20-14-16-22(34-2)17-15-20)27(32)29-21-9-4-3-5-10-21/h6-8,11-18,21,26H,3-5,9-10H2,1-2H3,(H,29,32)/t26-/m0/s1. The van der Waals surface area contributed by atoms with Gasteiger partial charge in [-0.3, -0.25) is 19.3 Å². The van der Waals surface area contributed by atoms with Crippen molar-refractivity contribution in [1.29, 1.82) is 0 Å². The summed E-state index contributed by atoms with van der Waals surface area (Å²) in [4.78, 5) is 41.6. The molecule has 0 unspecified atom stereocenters. The fourth-order valence-corrected chi connectivity index (χ4v) is 4.60. The molecule has 3 aromatic rings. The Labute approximate surface area is 205 Å². The number of nitrogens with one attached hydrogen (secondary N) is 1. The number of carbonyl (C=O) groups excluding carboxylic acids is 3. The lowest BCUT2D eigenvalue weighted by Gasteiger charge is -2.33. The van der Waals surface area contributed by atoms with Crippen LogP contribution in [0.4, 0.5) is 5.69 Å². The Hall–Kier alpha value is -3.87. The normalized spacial score (nSPS) is 14.7. The van der Waals surface area contributed by atoms with Crippen molar-refractivity contribution < 1.29 is 23.5 Å². The SMILES string of the molecule is COc1ccc([C@@H](C(=O)NC2CCCCC2)N(C(=O)c2ccco2)c2ccccc2C(C)=O)cc1. The summed E-state index contributed by atoms with van der Waals surface area (Å²) in [7, 11) is 1.57. The number of nitrogens with zero attached hydrogens (tertiary/aromatic N) is 1. The van der Waals surface area contributed by atoms with Gasteiger partial charge in [0.1, 0.15) is 11.8 Å². The van der Waals surface area contributed by atoms with Crippen LogP contribution in [-0.2, 0) is 4.79 Å². The van der Waals surface area contributed by atoms with Gasteiger partial charge >= 0.3 is 0 Å². The molecule has 182 valence electrons. The molecule has 1 N–H and O–H groups in total. The van der Waals surface area contributed by atoms with Gasteiger partial charge in [0.05, 0.1) is 19.1 Å². The van der Waals surface area contributed by atoms with Crippen molar-refractivity contribution in [3.05, 3.63) is 83.8 Å². The number of methoxy groups -OCH3 is 1. The van der Waals surface area contributed by atoms with Gasteiger partial charge in [-0.1, -0.05) is 43.5 Å². The highest BCUT2D eigenvalue weighted by atomic mass is 16.5. The number of anilines is 1. The molecule has 1 aromatic heterocycles. The third kappa shape index (κ3) is 5.45. The molecule has 2 amide bonds. The van der Waals surface area contributed by atoms with E-state index in [1.54, 1.807) is 67.8 Å². The van der Waals surface area contributed by atoms with E-state index in [9.17, 15) is 14.4 Å². The molecule has 1 aliphatic carbocycles. The Balaban J connectivity index is 1.85. The van der Waals surface area contributed by atoms with Gasteiger partial charge in [0.2, 0.25) is 5.91 Å². The molecule has 7 nitrogen and oxygen atoms in total. The van der Waals surface area contributed by atoms with Crippen molar-refractivity contribution in [1.82, 2.24) is 5.32 Å². The largest absolute Gasteiger partial charge is 0.497 e. The van der Waals surface area contributed by atoms with Crippen molar-refractivity contribution in [2.45, 2.75) is 51.1 Å². The van der Waals surface area contributed by atoms with E-state index in [1.165, 1.54) is 18.1 Å². The topological polar surface area (TPSA) is 88.8 Å².